The summed E-state index contributed by atoms with van der Waals surface area (Å²) in [6, 6.07) is 5.53. The van der Waals surface area contributed by atoms with E-state index in [2.05, 4.69) is 5.32 Å². The van der Waals surface area contributed by atoms with Crippen molar-refractivity contribution < 1.29 is 13.9 Å². The first-order valence-corrected chi connectivity index (χ1v) is 7.65. The van der Waals surface area contributed by atoms with Crippen molar-refractivity contribution in [3.63, 3.8) is 0 Å². The monoisotopic (exact) mass is 292 g/mol. The molecule has 21 heavy (non-hydrogen) atoms. The van der Waals surface area contributed by atoms with Gasteiger partial charge in [0.05, 0.1) is 0 Å². The Hall–Kier alpha value is -1.62. The van der Waals surface area contributed by atoms with E-state index in [9.17, 15) is 9.18 Å². The van der Waals surface area contributed by atoms with Crippen molar-refractivity contribution in [1.82, 2.24) is 10.2 Å². The third-order valence-corrected chi connectivity index (χ3v) is 3.98. The number of halogens is 1. The smallest absolute Gasteiger partial charge is 0.260 e. The third kappa shape index (κ3) is 3.94. The lowest BCUT2D eigenvalue weighted by molar-refractivity contribution is -0.132. The maximum Gasteiger partial charge on any atom is 0.260 e. The molecule has 0 radical (unpaired) electrons. The molecule has 1 heterocycles. The molecule has 1 saturated carbocycles. The summed E-state index contributed by atoms with van der Waals surface area (Å²) in [6.07, 6.45) is 4.51. The molecule has 1 saturated heterocycles. The van der Waals surface area contributed by atoms with Crippen LogP contribution < -0.4 is 10.1 Å². The highest BCUT2D eigenvalue weighted by atomic mass is 19.1. The molecular formula is C16H21FN2O2. The number of carbonyl (C=O) groups is 1. The Bertz CT molecular complexity index is 511. The van der Waals surface area contributed by atoms with Crippen LogP contribution in [0.4, 0.5) is 4.39 Å². The Morgan fingerprint density at radius 2 is 2.10 bits per heavy atom. The molecule has 0 spiro atoms. The molecule has 2 aliphatic rings. The molecule has 1 aliphatic heterocycles. The first-order chi connectivity index (χ1) is 10.2. The second-order valence-electron chi connectivity index (χ2n) is 5.80. The van der Waals surface area contributed by atoms with Crippen LogP contribution >= 0.6 is 0 Å². The van der Waals surface area contributed by atoms with Gasteiger partial charge in [0.15, 0.2) is 18.2 Å². The van der Waals surface area contributed by atoms with Crippen molar-refractivity contribution in [3.8, 4) is 5.75 Å². The number of nitrogens with one attached hydrogen (secondary N) is 1. The number of nitrogens with zero attached hydrogens (tertiary/aromatic N) is 1. The third-order valence-electron chi connectivity index (χ3n) is 3.98. The predicted octanol–water partition coefficient (Wildman–Crippen LogP) is 2.08. The Kier molecular flexibility index (Phi) is 4.39. The lowest BCUT2D eigenvalue weighted by Crippen LogP contribution is -2.32. The van der Waals surface area contributed by atoms with Gasteiger partial charge in [0.2, 0.25) is 0 Å². The molecular weight excluding hydrogens is 271 g/mol. The normalized spacial score (nSPS) is 18.0. The van der Waals surface area contributed by atoms with Gasteiger partial charge in [-0.3, -0.25) is 4.79 Å². The van der Waals surface area contributed by atoms with Crippen molar-refractivity contribution in [2.45, 2.75) is 38.3 Å². The summed E-state index contributed by atoms with van der Waals surface area (Å²) < 4.78 is 19.3. The zero-order valence-corrected chi connectivity index (χ0v) is 12.1. The van der Waals surface area contributed by atoms with Gasteiger partial charge in [-0.05, 0) is 43.4 Å². The number of amides is 1. The molecule has 1 amide bonds. The fourth-order valence-electron chi connectivity index (χ4n) is 2.52. The first-order valence-electron chi connectivity index (χ1n) is 7.65. The first kappa shape index (κ1) is 14.3. The van der Waals surface area contributed by atoms with Crippen LogP contribution in [0.15, 0.2) is 18.2 Å². The average molecular weight is 292 g/mol. The SMILES string of the molecule is O=C(COc1ccc(CNC2CC2)cc1F)N1CCCC1. The molecule has 0 atom stereocenters. The maximum atomic E-state index is 13.9. The minimum absolute atomic E-state index is 0.0635. The van der Waals surface area contributed by atoms with Crippen molar-refractivity contribution >= 4 is 5.91 Å². The second-order valence-corrected chi connectivity index (χ2v) is 5.80. The maximum absolute atomic E-state index is 13.9. The number of benzene rings is 1. The Morgan fingerprint density at radius 3 is 2.76 bits per heavy atom. The predicted molar refractivity (Wildman–Crippen MR) is 77.6 cm³/mol. The van der Waals surface area contributed by atoms with Gasteiger partial charge < -0.3 is 15.0 Å². The van der Waals surface area contributed by atoms with Crippen LogP contribution in [0.1, 0.15) is 31.2 Å². The van der Waals surface area contributed by atoms with E-state index in [4.69, 9.17) is 4.74 Å². The van der Waals surface area contributed by atoms with Crippen LogP contribution in [0.2, 0.25) is 0 Å². The molecule has 2 fully saturated rings. The molecule has 4 nitrogen and oxygen atoms in total. The van der Waals surface area contributed by atoms with Crippen LogP contribution in [0.3, 0.4) is 0 Å². The molecule has 5 heteroatoms. The standard InChI is InChI=1S/C16H21FN2O2/c17-14-9-12(10-18-13-4-5-13)3-6-15(14)21-11-16(20)19-7-1-2-8-19/h3,6,9,13,18H,1-2,4-5,7-8,10-11H2. The Morgan fingerprint density at radius 1 is 1.33 bits per heavy atom. The van der Waals surface area contributed by atoms with Gasteiger partial charge in [-0.2, -0.15) is 0 Å². The zero-order valence-electron chi connectivity index (χ0n) is 12.1. The highest BCUT2D eigenvalue weighted by Crippen LogP contribution is 2.21. The topological polar surface area (TPSA) is 41.6 Å². The van der Waals surface area contributed by atoms with Crippen LogP contribution in [0.5, 0.6) is 5.75 Å². The van der Waals surface area contributed by atoms with Gasteiger partial charge in [0.25, 0.3) is 5.91 Å². The Labute approximate surface area is 124 Å². The van der Waals surface area contributed by atoms with Crippen molar-refractivity contribution in [1.29, 1.82) is 0 Å². The Balaban J connectivity index is 1.51. The molecule has 0 unspecified atom stereocenters. The minimum Gasteiger partial charge on any atom is -0.481 e. The summed E-state index contributed by atoms with van der Waals surface area (Å²) in [4.78, 5) is 13.6. The molecule has 1 aromatic rings. The fraction of sp³-hybridized carbons (Fsp3) is 0.562. The number of rotatable bonds is 6. The molecule has 3 rings (SSSR count). The van der Waals surface area contributed by atoms with Gasteiger partial charge in [-0.25, -0.2) is 4.39 Å². The van der Waals surface area contributed by atoms with Gasteiger partial charge in [0, 0.05) is 25.7 Å². The van der Waals surface area contributed by atoms with Gasteiger partial charge in [-0.1, -0.05) is 6.07 Å². The summed E-state index contributed by atoms with van der Waals surface area (Å²) in [5.41, 5.74) is 0.901. The number of carbonyl (C=O) groups excluding carboxylic acids is 1. The zero-order chi connectivity index (χ0) is 14.7. The molecule has 114 valence electrons. The van der Waals surface area contributed by atoms with E-state index in [1.165, 1.54) is 18.9 Å². The quantitative estimate of drug-likeness (QED) is 0.873. The minimum atomic E-state index is -0.403. The molecule has 0 bridgehead atoms. The number of likely N-dealkylation sites (tertiary alicyclic amines) is 1. The van der Waals surface area contributed by atoms with E-state index < -0.39 is 5.82 Å². The van der Waals surface area contributed by atoms with Crippen LogP contribution in [0, 0.1) is 5.82 Å². The summed E-state index contributed by atoms with van der Waals surface area (Å²) in [7, 11) is 0. The fourth-order valence-corrected chi connectivity index (χ4v) is 2.52. The van der Waals surface area contributed by atoms with Gasteiger partial charge in [0.1, 0.15) is 0 Å². The van der Waals surface area contributed by atoms with Gasteiger partial charge >= 0.3 is 0 Å². The van der Waals surface area contributed by atoms with Crippen molar-refractivity contribution in [2.24, 2.45) is 0 Å². The van der Waals surface area contributed by atoms with Crippen LogP contribution in [-0.2, 0) is 11.3 Å². The molecule has 1 aromatic carbocycles. The van der Waals surface area contributed by atoms with Crippen LogP contribution in [0.25, 0.3) is 0 Å². The largest absolute Gasteiger partial charge is 0.481 e. The highest BCUT2D eigenvalue weighted by molar-refractivity contribution is 5.78. The summed E-state index contributed by atoms with van der Waals surface area (Å²) >= 11 is 0. The van der Waals surface area contributed by atoms with E-state index in [-0.39, 0.29) is 18.3 Å². The lowest BCUT2D eigenvalue weighted by atomic mass is 10.2. The molecule has 1 aliphatic carbocycles. The average Bonchev–Trinajstić information content (AvgIpc) is 3.15. The molecule has 0 aromatic heterocycles. The number of hydrogen-bond donors (Lipinski definition) is 1. The van der Waals surface area contributed by atoms with E-state index in [1.54, 1.807) is 11.0 Å². The highest BCUT2D eigenvalue weighted by Gasteiger charge is 2.20. The van der Waals surface area contributed by atoms with Crippen molar-refractivity contribution in [2.75, 3.05) is 19.7 Å². The van der Waals surface area contributed by atoms with E-state index in [0.717, 1.165) is 31.5 Å². The van der Waals surface area contributed by atoms with Gasteiger partial charge in [-0.15, -0.1) is 0 Å². The van der Waals surface area contributed by atoms with Crippen LogP contribution in [-0.4, -0.2) is 36.5 Å². The van der Waals surface area contributed by atoms with E-state index in [0.29, 0.717) is 12.6 Å². The summed E-state index contributed by atoms with van der Waals surface area (Å²) in [5, 5.41) is 3.34. The number of hydrogen-bond acceptors (Lipinski definition) is 3. The molecule has 1 N–H and O–H groups in total. The summed E-state index contributed by atoms with van der Waals surface area (Å²) in [6.45, 7) is 2.16. The van der Waals surface area contributed by atoms with Crippen molar-refractivity contribution in [3.05, 3.63) is 29.6 Å². The number of ether oxygens (including phenoxy) is 1. The van der Waals surface area contributed by atoms with E-state index in [1.807, 2.05) is 6.07 Å². The lowest BCUT2D eigenvalue weighted by Gasteiger charge is -2.16. The van der Waals surface area contributed by atoms with E-state index >= 15 is 0 Å². The second kappa shape index (κ2) is 6.43. The summed E-state index contributed by atoms with van der Waals surface area (Å²) in [5.74, 6) is -0.316.